The van der Waals surface area contributed by atoms with Crippen LogP contribution in [0.4, 0.5) is 0 Å². The Labute approximate surface area is 137 Å². The Balaban J connectivity index is 0.00000208. The second-order valence-electron chi connectivity index (χ2n) is 5.66. The van der Waals surface area contributed by atoms with E-state index in [1.165, 1.54) is 5.57 Å². The van der Waals surface area contributed by atoms with E-state index in [1.54, 1.807) is 0 Å². The number of hydrogen-bond acceptors (Lipinski definition) is 2. The number of aromatic nitrogens is 3. The number of hydrogen-bond donors (Lipinski definition) is 1. The number of fused-ring (bicyclic) bond motifs is 1. The third-order valence-electron chi connectivity index (χ3n) is 3.63. The summed E-state index contributed by atoms with van der Waals surface area (Å²) in [5.74, 6) is 0. The average Bonchev–Trinajstić information content (AvgIpc) is 3.03. The highest BCUT2D eigenvalue weighted by atomic mass is 15.1. The fourth-order valence-electron chi connectivity index (χ4n) is 2.51. The maximum atomic E-state index is 4.42. The number of allylic oxidation sites excluding steroid dienone is 5. The number of aromatic amines is 1. The zero-order valence-corrected chi connectivity index (χ0v) is 13.4. The van der Waals surface area contributed by atoms with Crippen LogP contribution in [0.15, 0.2) is 73.1 Å². The highest BCUT2D eigenvalue weighted by Gasteiger charge is 2.12. The Morgan fingerprint density at radius 1 is 1.17 bits per heavy atom. The second kappa shape index (κ2) is 6.44. The van der Waals surface area contributed by atoms with Crippen molar-refractivity contribution < 1.29 is 1.43 Å². The molecule has 1 aromatic carbocycles. The van der Waals surface area contributed by atoms with Crippen molar-refractivity contribution in [2.75, 3.05) is 0 Å². The third-order valence-corrected chi connectivity index (χ3v) is 3.63. The summed E-state index contributed by atoms with van der Waals surface area (Å²) in [6.45, 7) is 8.29. The van der Waals surface area contributed by atoms with Gasteiger partial charge in [-0.05, 0) is 37.1 Å². The molecule has 0 aliphatic carbocycles. The molecule has 0 aliphatic rings. The molecule has 0 atom stereocenters. The fourth-order valence-corrected chi connectivity index (χ4v) is 2.51. The molecule has 0 aliphatic heterocycles. The molecule has 0 saturated carbocycles. The monoisotopic (exact) mass is 303 g/mol. The van der Waals surface area contributed by atoms with Gasteiger partial charge in [-0.15, -0.1) is 0 Å². The second-order valence-corrected chi connectivity index (χ2v) is 5.66. The van der Waals surface area contributed by atoms with Gasteiger partial charge in [0.15, 0.2) is 0 Å². The number of rotatable bonds is 4. The summed E-state index contributed by atoms with van der Waals surface area (Å²) in [6, 6.07) is 10.1. The first kappa shape index (κ1) is 15.0. The van der Waals surface area contributed by atoms with Crippen LogP contribution in [0.2, 0.25) is 0 Å². The van der Waals surface area contributed by atoms with Gasteiger partial charge < -0.3 is 0 Å². The van der Waals surface area contributed by atoms with Crippen LogP contribution in [0.25, 0.3) is 27.6 Å². The summed E-state index contributed by atoms with van der Waals surface area (Å²) in [5, 5.41) is 8.39. The van der Waals surface area contributed by atoms with E-state index in [2.05, 4.69) is 47.8 Å². The third kappa shape index (κ3) is 3.14. The van der Waals surface area contributed by atoms with Crippen LogP contribution in [0.1, 0.15) is 21.0 Å². The minimum Gasteiger partial charge on any atom is -0.277 e. The molecule has 0 amide bonds. The topological polar surface area (TPSA) is 41.6 Å². The SMILES string of the molecule is C=C(/C=C\C=C(C)C)c1[nH]ncc1-c1ccnc2ccccc12.[HH]. The Bertz CT molecular complexity index is 910. The molecule has 3 rings (SSSR count). The Morgan fingerprint density at radius 2 is 2.00 bits per heavy atom. The van der Waals surface area contributed by atoms with Gasteiger partial charge in [0, 0.05) is 18.6 Å². The van der Waals surface area contributed by atoms with Crippen molar-refractivity contribution in [3.63, 3.8) is 0 Å². The standard InChI is InChI=1S/C20H19N3.H2/c1-14(2)7-6-8-15(3)20-18(13-22-23-20)16-11-12-21-19-10-5-4-9-17(16)19;/h4-13H,3H2,1-2H3,(H,22,23);1H/b8-6-;. The smallest absolute Gasteiger partial charge is 0.0722 e. The largest absolute Gasteiger partial charge is 0.277 e. The summed E-state index contributed by atoms with van der Waals surface area (Å²) in [5.41, 5.74) is 6.20. The average molecular weight is 303 g/mol. The van der Waals surface area contributed by atoms with E-state index < -0.39 is 0 Å². The molecule has 0 fully saturated rings. The van der Waals surface area contributed by atoms with E-state index in [1.807, 2.05) is 48.8 Å². The summed E-state index contributed by atoms with van der Waals surface area (Å²) >= 11 is 0. The fraction of sp³-hybridized carbons (Fsp3) is 0.100. The molecule has 3 nitrogen and oxygen atoms in total. The zero-order chi connectivity index (χ0) is 16.2. The van der Waals surface area contributed by atoms with E-state index in [4.69, 9.17) is 0 Å². The van der Waals surface area contributed by atoms with Gasteiger partial charge in [-0.1, -0.05) is 48.6 Å². The minimum atomic E-state index is 0. The maximum absolute atomic E-state index is 4.42. The first-order chi connectivity index (χ1) is 11.2. The minimum absolute atomic E-state index is 0. The van der Waals surface area contributed by atoms with Crippen LogP contribution in [0, 0.1) is 0 Å². The first-order valence-electron chi connectivity index (χ1n) is 7.55. The molecule has 1 N–H and O–H groups in total. The highest BCUT2D eigenvalue weighted by molar-refractivity contribution is 5.97. The van der Waals surface area contributed by atoms with Crippen LogP contribution in [-0.2, 0) is 0 Å². The molecule has 116 valence electrons. The van der Waals surface area contributed by atoms with Crippen molar-refractivity contribution in [1.29, 1.82) is 0 Å². The van der Waals surface area contributed by atoms with E-state index in [-0.39, 0.29) is 1.43 Å². The lowest BCUT2D eigenvalue weighted by Crippen LogP contribution is -1.87. The molecule has 0 spiro atoms. The van der Waals surface area contributed by atoms with Gasteiger partial charge in [-0.2, -0.15) is 5.10 Å². The lowest BCUT2D eigenvalue weighted by molar-refractivity contribution is 1.08. The summed E-state index contributed by atoms with van der Waals surface area (Å²) < 4.78 is 0. The zero-order valence-electron chi connectivity index (χ0n) is 13.4. The molecule has 3 heteroatoms. The summed E-state index contributed by atoms with van der Waals surface area (Å²) in [7, 11) is 0. The molecule has 2 aromatic heterocycles. The molecule has 2 heterocycles. The molecule has 0 bridgehead atoms. The van der Waals surface area contributed by atoms with Crippen LogP contribution in [0.3, 0.4) is 0 Å². The van der Waals surface area contributed by atoms with Gasteiger partial charge in [-0.3, -0.25) is 10.1 Å². The number of para-hydroxylation sites is 1. The van der Waals surface area contributed by atoms with Crippen molar-refractivity contribution in [1.82, 2.24) is 15.2 Å². The number of nitrogens with one attached hydrogen (secondary N) is 1. The van der Waals surface area contributed by atoms with Crippen molar-refractivity contribution in [3.05, 3.63) is 78.8 Å². The molecule has 23 heavy (non-hydrogen) atoms. The Morgan fingerprint density at radius 3 is 2.83 bits per heavy atom. The molecule has 3 aromatic rings. The predicted octanol–water partition coefficient (Wildman–Crippen LogP) is 5.41. The predicted molar refractivity (Wildman–Crippen MR) is 99.0 cm³/mol. The van der Waals surface area contributed by atoms with Gasteiger partial charge in [0.1, 0.15) is 0 Å². The first-order valence-corrected chi connectivity index (χ1v) is 7.55. The van der Waals surface area contributed by atoms with Gasteiger partial charge in [-0.25, -0.2) is 0 Å². The van der Waals surface area contributed by atoms with Crippen LogP contribution in [-0.4, -0.2) is 15.2 Å². The lowest BCUT2D eigenvalue weighted by atomic mass is 9.99. The van der Waals surface area contributed by atoms with Crippen molar-refractivity contribution in [2.24, 2.45) is 0 Å². The van der Waals surface area contributed by atoms with E-state index >= 15 is 0 Å². The number of pyridine rings is 1. The molecule has 0 radical (unpaired) electrons. The molecule has 0 saturated heterocycles. The van der Waals surface area contributed by atoms with E-state index in [0.717, 1.165) is 33.3 Å². The molecule has 0 unspecified atom stereocenters. The van der Waals surface area contributed by atoms with Gasteiger partial charge in [0.25, 0.3) is 0 Å². The lowest BCUT2D eigenvalue weighted by Gasteiger charge is -2.07. The maximum Gasteiger partial charge on any atom is 0.0722 e. The van der Waals surface area contributed by atoms with Gasteiger partial charge in [0.05, 0.1) is 17.4 Å². The number of benzene rings is 1. The van der Waals surface area contributed by atoms with Crippen LogP contribution < -0.4 is 0 Å². The van der Waals surface area contributed by atoms with Crippen molar-refractivity contribution in [3.8, 4) is 11.1 Å². The normalized spacial score (nSPS) is 11.0. The quantitative estimate of drug-likeness (QED) is 0.655. The van der Waals surface area contributed by atoms with Gasteiger partial charge >= 0.3 is 0 Å². The van der Waals surface area contributed by atoms with Crippen LogP contribution >= 0.6 is 0 Å². The van der Waals surface area contributed by atoms with E-state index in [9.17, 15) is 0 Å². The Kier molecular flexibility index (Phi) is 4.20. The molecular weight excluding hydrogens is 282 g/mol. The summed E-state index contributed by atoms with van der Waals surface area (Å²) in [6.07, 6.45) is 9.73. The summed E-state index contributed by atoms with van der Waals surface area (Å²) in [4.78, 5) is 4.42. The Hall–Kier alpha value is -2.94. The van der Waals surface area contributed by atoms with Crippen molar-refractivity contribution in [2.45, 2.75) is 13.8 Å². The van der Waals surface area contributed by atoms with Crippen LogP contribution in [0.5, 0.6) is 0 Å². The number of H-pyrrole nitrogens is 1. The highest BCUT2D eigenvalue weighted by Crippen LogP contribution is 2.31. The molecular formula is C20H21N3. The number of nitrogens with zero attached hydrogens (tertiary/aromatic N) is 2. The van der Waals surface area contributed by atoms with Gasteiger partial charge in [0.2, 0.25) is 0 Å². The van der Waals surface area contributed by atoms with E-state index in [0.29, 0.717) is 0 Å². The van der Waals surface area contributed by atoms with Crippen molar-refractivity contribution >= 4 is 16.5 Å².